The van der Waals surface area contributed by atoms with Crippen molar-refractivity contribution in [2.45, 2.75) is 13.0 Å². The lowest BCUT2D eigenvalue weighted by atomic mass is 10.3. The minimum absolute atomic E-state index is 1.14. The first-order valence-corrected chi connectivity index (χ1v) is 7.65. The summed E-state index contributed by atoms with van der Waals surface area (Å²) in [5.41, 5.74) is 0. The predicted molar refractivity (Wildman–Crippen MR) is 69.2 cm³/mol. The highest BCUT2D eigenvalue weighted by Crippen LogP contribution is 2.24. The van der Waals surface area contributed by atoms with Gasteiger partial charge in [0.25, 0.3) is 0 Å². The van der Waals surface area contributed by atoms with E-state index in [1.165, 1.54) is 39.7 Å². The van der Waals surface area contributed by atoms with Gasteiger partial charge in [-0.2, -0.15) is 11.8 Å². The SMILES string of the molecule is Brc1ccc(CN2CCCSCC2)s1. The van der Waals surface area contributed by atoms with Crippen molar-refractivity contribution in [3.05, 3.63) is 20.8 Å². The summed E-state index contributed by atoms with van der Waals surface area (Å²) in [6.07, 6.45) is 1.34. The van der Waals surface area contributed by atoms with Gasteiger partial charge < -0.3 is 0 Å². The van der Waals surface area contributed by atoms with Crippen LogP contribution in [0.3, 0.4) is 0 Å². The van der Waals surface area contributed by atoms with Gasteiger partial charge in [-0.3, -0.25) is 4.90 Å². The Morgan fingerprint density at radius 1 is 1.29 bits per heavy atom. The second-order valence-corrected chi connectivity index (χ2v) is 7.22. The van der Waals surface area contributed by atoms with Gasteiger partial charge in [-0.05, 0) is 46.8 Å². The molecule has 2 heterocycles. The normalized spacial score (nSPS) is 19.5. The standard InChI is InChI=1S/C10H14BrNS2/c11-10-3-2-9(14-10)8-12-4-1-6-13-7-5-12/h2-3H,1,4-8H2. The number of thioether (sulfide) groups is 1. The maximum atomic E-state index is 3.51. The molecule has 0 N–H and O–H groups in total. The molecule has 1 aromatic heterocycles. The zero-order valence-electron chi connectivity index (χ0n) is 8.04. The van der Waals surface area contributed by atoms with Crippen LogP contribution in [0.5, 0.6) is 0 Å². The van der Waals surface area contributed by atoms with Crippen LogP contribution < -0.4 is 0 Å². The highest BCUT2D eigenvalue weighted by Gasteiger charge is 2.10. The molecule has 1 fully saturated rings. The molecule has 14 heavy (non-hydrogen) atoms. The molecule has 0 amide bonds. The van der Waals surface area contributed by atoms with Crippen LogP contribution in [0.1, 0.15) is 11.3 Å². The molecule has 0 aliphatic carbocycles. The average molecular weight is 292 g/mol. The zero-order valence-corrected chi connectivity index (χ0v) is 11.3. The molecule has 0 spiro atoms. The lowest BCUT2D eigenvalue weighted by Gasteiger charge is -2.17. The van der Waals surface area contributed by atoms with Crippen molar-refractivity contribution in [1.29, 1.82) is 0 Å². The Balaban J connectivity index is 1.89. The number of rotatable bonds is 2. The highest BCUT2D eigenvalue weighted by atomic mass is 79.9. The Bertz CT molecular complexity index is 279. The van der Waals surface area contributed by atoms with E-state index in [4.69, 9.17) is 0 Å². The van der Waals surface area contributed by atoms with E-state index < -0.39 is 0 Å². The summed E-state index contributed by atoms with van der Waals surface area (Å²) in [5, 5.41) is 0. The summed E-state index contributed by atoms with van der Waals surface area (Å²) in [5.74, 6) is 2.64. The van der Waals surface area contributed by atoms with Crippen LogP contribution in [0.2, 0.25) is 0 Å². The third-order valence-electron chi connectivity index (χ3n) is 2.32. The van der Waals surface area contributed by atoms with Gasteiger partial charge in [0.2, 0.25) is 0 Å². The zero-order chi connectivity index (χ0) is 9.80. The lowest BCUT2D eigenvalue weighted by molar-refractivity contribution is 0.290. The number of nitrogens with zero attached hydrogens (tertiary/aromatic N) is 1. The Hall–Kier alpha value is 0.490. The van der Waals surface area contributed by atoms with E-state index in [9.17, 15) is 0 Å². The second-order valence-electron chi connectivity index (χ2n) is 3.45. The van der Waals surface area contributed by atoms with E-state index in [0.717, 1.165) is 6.54 Å². The average Bonchev–Trinajstić information content (AvgIpc) is 2.43. The van der Waals surface area contributed by atoms with Crippen molar-refractivity contribution in [3.8, 4) is 0 Å². The molecule has 0 saturated carbocycles. The summed E-state index contributed by atoms with van der Waals surface area (Å²) in [6, 6.07) is 4.37. The van der Waals surface area contributed by atoms with Crippen LogP contribution in [0.25, 0.3) is 0 Å². The van der Waals surface area contributed by atoms with E-state index in [-0.39, 0.29) is 0 Å². The van der Waals surface area contributed by atoms with Gasteiger partial charge in [0.1, 0.15) is 0 Å². The number of halogens is 1. The predicted octanol–water partition coefficient (Wildman–Crippen LogP) is 3.45. The third kappa shape index (κ3) is 3.26. The molecule has 1 aliphatic heterocycles. The number of hydrogen-bond acceptors (Lipinski definition) is 3. The van der Waals surface area contributed by atoms with Gasteiger partial charge in [0.15, 0.2) is 0 Å². The molecule has 1 aliphatic rings. The van der Waals surface area contributed by atoms with Crippen molar-refractivity contribution < 1.29 is 0 Å². The molecule has 1 nitrogen and oxygen atoms in total. The largest absolute Gasteiger partial charge is 0.297 e. The maximum absolute atomic E-state index is 3.51. The van der Waals surface area contributed by atoms with Gasteiger partial charge in [-0.15, -0.1) is 11.3 Å². The van der Waals surface area contributed by atoms with Crippen LogP contribution in [-0.4, -0.2) is 29.5 Å². The first-order valence-electron chi connectivity index (χ1n) is 4.89. The Morgan fingerprint density at radius 3 is 3.00 bits per heavy atom. The topological polar surface area (TPSA) is 3.24 Å². The summed E-state index contributed by atoms with van der Waals surface area (Å²) >= 11 is 7.45. The molecule has 4 heteroatoms. The second kappa shape index (κ2) is 5.54. The molecule has 2 rings (SSSR count). The van der Waals surface area contributed by atoms with E-state index in [1.54, 1.807) is 0 Å². The van der Waals surface area contributed by atoms with Crippen molar-refractivity contribution in [2.24, 2.45) is 0 Å². The van der Waals surface area contributed by atoms with E-state index in [2.05, 4.69) is 44.7 Å². The molecule has 1 saturated heterocycles. The molecule has 0 bridgehead atoms. The van der Waals surface area contributed by atoms with Crippen LogP contribution in [0.4, 0.5) is 0 Å². The molecule has 0 atom stereocenters. The van der Waals surface area contributed by atoms with Crippen molar-refractivity contribution in [3.63, 3.8) is 0 Å². The van der Waals surface area contributed by atoms with Gasteiger partial charge in [-0.25, -0.2) is 0 Å². The minimum atomic E-state index is 1.14. The number of hydrogen-bond donors (Lipinski definition) is 0. The van der Waals surface area contributed by atoms with E-state index in [0.29, 0.717) is 0 Å². The van der Waals surface area contributed by atoms with Crippen LogP contribution in [-0.2, 0) is 6.54 Å². The molecule has 0 unspecified atom stereocenters. The Kier molecular flexibility index (Phi) is 4.35. The van der Waals surface area contributed by atoms with Crippen molar-refractivity contribution in [2.75, 3.05) is 24.6 Å². The summed E-state index contributed by atoms with van der Waals surface area (Å²) in [7, 11) is 0. The van der Waals surface area contributed by atoms with E-state index in [1.807, 2.05) is 11.3 Å². The van der Waals surface area contributed by atoms with Crippen molar-refractivity contribution in [1.82, 2.24) is 4.90 Å². The monoisotopic (exact) mass is 291 g/mol. The van der Waals surface area contributed by atoms with E-state index >= 15 is 0 Å². The van der Waals surface area contributed by atoms with Crippen LogP contribution in [0, 0.1) is 0 Å². The van der Waals surface area contributed by atoms with Gasteiger partial charge in [0, 0.05) is 23.7 Å². The Labute approximate surface area is 102 Å². The van der Waals surface area contributed by atoms with Crippen LogP contribution >= 0.6 is 39.0 Å². The summed E-state index contributed by atoms with van der Waals surface area (Å²) in [4.78, 5) is 4.04. The molecular formula is C10H14BrNS2. The quantitative estimate of drug-likeness (QED) is 0.821. The fraction of sp³-hybridized carbons (Fsp3) is 0.600. The van der Waals surface area contributed by atoms with Crippen molar-refractivity contribution >= 4 is 39.0 Å². The lowest BCUT2D eigenvalue weighted by Crippen LogP contribution is -2.24. The Morgan fingerprint density at radius 2 is 2.21 bits per heavy atom. The summed E-state index contributed by atoms with van der Waals surface area (Å²) in [6.45, 7) is 3.65. The molecular weight excluding hydrogens is 278 g/mol. The number of thiophene rings is 1. The minimum Gasteiger partial charge on any atom is -0.297 e. The fourth-order valence-electron chi connectivity index (χ4n) is 1.61. The third-order valence-corrected chi connectivity index (χ3v) is 4.98. The maximum Gasteiger partial charge on any atom is 0.0701 e. The van der Waals surface area contributed by atoms with Gasteiger partial charge in [0.05, 0.1) is 3.79 Å². The fourth-order valence-corrected chi connectivity index (χ4v) is 4.06. The first kappa shape index (κ1) is 11.0. The first-order chi connectivity index (χ1) is 6.84. The molecule has 1 aromatic rings. The molecule has 0 radical (unpaired) electrons. The smallest absolute Gasteiger partial charge is 0.0701 e. The molecule has 78 valence electrons. The van der Waals surface area contributed by atoms with Crippen LogP contribution in [0.15, 0.2) is 15.9 Å². The van der Waals surface area contributed by atoms with Gasteiger partial charge >= 0.3 is 0 Å². The molecule has 0 aromatic carbocycles. The highest BCUT2D eigenvalue weighted by molar-refractivity contribution is 9.11. The van der Waals surface area contributed by atoms with Gasteiger partial charge in [-0.1, -0.05) is 0 Å². The summed E-state index contributed by atoms with van der Waals surface area (Å²) < 4.78 is 1.25.